The lowest BCUT2D eigenvalue weighted by Gasteiger charge is -2.08. The van der Waals surface area contributed by atoms with Crippen LogP contribution in [0.3, 0.4) is 0 Å². The van der Waals surface area contributed by atoms with Crippen molar-refractivity contribution in [2.24, 2.45) is 0 Å². The van der Waals surface area contributed by atoms with Gasteiger partial charge in [0.25, 0.3) is 0 Å². The largest absolute Gasteiger partial charge is 0.476 e. The fraction of sp³-hybridized carbons (Fsp3) is 0.0667. The molecule has 0 aliphatic rings. The SMILES string of the molecule is Cc1c(C(=O)O)nn(-c2ccc(Cl)cc2Cl)c1-c1ccc(Cl)o1. The Labute approximate surface area is 146 Å². The van der Waals surface area contributed by atoms with Gasteiger partial charge in [0.05, 0.1) is 10.7 Å². The van der Waals surface area contributed by atoms with Crippen molar-refractivity contribution in [3.63, 3.8) is 0 Å². The second-order valence-electron chi connectivity index (χ2n) is 4.74. The lowest BCUT2D eigenvalue weighted by molar-refractivity contribution is 0.0689. The number of furan rings is 1. The number of carboxylic acid groups (broad SMARTS) is 1. The predicted molar refractivity (Wildman–Crippen MR) is 88.0 cm³/mol. The summed E-state index contributed by atoms with van der Waals surface area (Å²) in [5.41, 5.74) is 1.28. The Balaban J connectivity index is 2.31. The van der Waals surface area contributed by atoms with E-state index in [2.05, 4.69) is 5.10 Å². The fourth-order valence-corrected chi connectivity index (χ4v) is 2.89. The van der Waals surface area contributed by atoms with E-state index >= 15 is 0 Å². The van der Waals surface area contributed by atoms with Crippen LogP contribution in [0.1, 0.15) is 16.1 Å². The molecule has 1 N–H and O–H groups in total. The number of aromatic nitrogens is 2. The van der Waals surface area contributed by atoms with Gasteiger partial charge in [0.15, 0.2) is 16.7 Å². The third-order valence-electron chi connectivity index (χ3n) is 3.27. The molecule has 0 aliphatic carbocycles. The third kappa shape index (κ3) is 2.83. The molecule has 2 aromatic heterocycles. The van der Waals surface area contributed by atoms with E-state index in [0.29, 0.717) is 32.8 Å². The van der Waals surface area contributed by atoms with Crippen molar-refractivity contribution in [2.75, 3.05) is 0 Å². The Morgan fingerprint density at radius 1 is 1.22 bits per heavy atom. The molecule has 0 saturated heterocycles. The van der Waals surface area contributed by atoms with E-state index < -0.39 is 5.97 Å². The Morgan fingerprint density at radius 3 is 2.52 bits per heavy atom. The van der Waals surface area contributed by atoms with Gasteiger partial charge in [0, 0.05) is 10.6 Å². The lowest BCUT2D eigenvalue weighted by Crippen LogP contribution is -2.03. The van der Waals surface area contributed by atoms with Crippen molar-refractivity contribution >= 4 is 40.8 Å². The molecule has 3 aromatic rings. The molecule has 0 saturated carbocycles. The first-order valence-corrected chi connectivity index (χ1v) is 7.56. The molecule has 0 aliphatic heterocycles. The number of rotatable bonds is 3. The van der Waals surface area contributed by atoms with Gasteiger partial charge in [-0.15, -0.1) is 0 Å². The zero-order valence-corrected chi connectivity index (χ0v) is 13.9. The Morgan fingerprint density at radius 2 is 1.96 bits per heavy atom. The highest BCUT2D eigenvalue weighted by Gasteiger charge is 2.24. The molecule has 118 valence electrons. The highest BCUT2D eigenvalue weighted by Crippen LogP contribution is 2.34. The minimum Gasteiger partial charge on any atom is -0.476 e. The zero-order valence-electron chi connectivity index (χ0n) is 11.7. The summed E-state index contributed by atoms with van der Waals surface area (Å²) in [4.78, 5) is 11.4. The quantitative estimate of drug-likeness (QED) is 0.695. The Hall–Kier alpha value is -1.95. The van der Waals surface area contributed by atoms with Crippen LogP contribution in [0, 0.1) is 6.92 Å². The maximum atomic E-state index is 11.4. The Bertz CT molecular complexity index is 915. The average Bonchev–Trinajstić information content (AvgIpc) is 3.02. The van der Waals surface area contributed by atoms with Crippen LogP contribution in [0.15, 0.2) is 34.7 Å². The van der Waals surface area contributed by atoms with Gasteiger partial charge >= 0.3 is 5.97 Å². The molecule has 0 atom stereocenters. The lowest BCUT2D eigenvalue weighted by atomic mass is 10.1. The van der Waals surface area contributed by atoms with Gasteiger partial charge in [0.1, 0.15) is 5.69 Å². The van der Waals surface area contributed by atoms with E-state index in [-0.39, 0.29) is 10.9 Å². The molecule has 0 unspecified atom stereocenters. The van der Waals surface area contributed by atoms with Gasteiger partial charge in [-0.1, -0.05) is 23.2 Å². The molecule has 0 bridgehead atoms. The molecule has 23 heavy (non-hydrogen) atoms. The van der Waals surface area contributed by atoms with Crippen LogP contribution in [-0.4, -0.2) is 20.9 Å². The van der Waals surface area contributed by atoms with Crippen LogP contribution < -0.4 is 0 Å². The summed E-state index contributed by atoms with van der Waals surface area (Å²) in [6.07, 6.45) is 0. The summed E-state index contributed by atoms with van der Waals surface area (Å²) in [7, 11) is 0. The standard InChI is InChI=1S/C15H9Cl3N2O3/c1-7-13(15(21)22)19-20(10-3-2-8(16)6-9(10)17)14(7)11-4-5-12(18)23-11/h2-6H,1H3,(H,21,22). The van der Waals surface area contributed by atoms with Crippen molar-refractivity contribution in [1.82, 2.24) is 9.78 Å². The van der Waals surface area contributed by atoms with Crippen molar-refractivity contribution in [2.45, 2.75) is 6.92 Å². The monoisotopic (exact) mass is 370 g/mol. The highest BCUT2D eigenvalue weighted by molar-refractivity contribution is 6.35. The van der Waals surface area contributed by atoms with E-state index in [9.17, 15) is 9.90 Å². The molecular weight excluding hydrogens is 363 g/mol. The summed E-state index contributed by atoms with van der Waals surface area (Å²) >= 11 is 18.0. The van der Waals surface area contributed by atoms with E-state index in [1.165, 1.54) is 4.68 Å². The first kappa shape index (κ1) is 15.9. The molecule has 1 aromatic carbocycles. The molecule has 0 fully saturated rings. The number of benzene rings is 1. The van der Waals surface area contributed by atoms with E-state index in [0.717, 1.165) is 0 Å². The number of hydrogen-bond donors (Lipinski definition) is 1. The van der Waals surface area contributed by atoms with Crippen LogP contribution >= 0.6 is 34.8 Å². The third-order valence-corrected chi connectivity index (χ3v) is 4.01. The van der Waals surface area contributed by atoms with E-state index in [4.69, 9.17) is 39.2 Å². The zero-order chi connectivity index (χ0) is 16.7. The summed E-state index contributed by atoms with van der Waals surface area (Å²) < 4.78 is 6.82. The van der Waals surface area contributed by atoms with Crippen LogP contribution in [0.2, 0.25) is 15.3 Å². The minimum absolute atomic E-state index is 0.0986. The normalized spacial score (nSPS) is 11.0. The predicted octanol–water partition coefficient (Wildman–Crippen LogP) is 5.10. The molecule has 5 nitrogen and oxygen atoms in total. The smallest absolute Gasteiger partial charge is 0.356 e. The van der Waals surface area contributed by atoms with Crippen molar-refractivity contribution in [3.05, 3.63) is 56.9 Å². The second-order valence-corrected chi connectivity index (χ2v) is 5.95. The highest BCUT2D eigenvalue weighted by atomic mass is 35.5. The molecule has 0 amide bonds. The topological polar surface area (TPSA) is 68.3 Å². The number of carbonyl (C=O) groups is 1. The summed E-state index contributed by atoms with van der Waals surface area (Å²) in [6.45, 7) is 1.64. The van der Waals surface area contributed by atoms with Crippen molar-refractivity contribution in [3.8, 4) is 17.1 Å². The van der Waals surface area contributed by atoms with Gasteiger partial charge < -0.3 is 9.52 Å². The van der Waals surface area contributed by atoms with Crippen LogP contribution in [0.25, 0.3) is 17.1 Å². The van der Waals surface area contributed by atoms with Gasteiger partial charge in [-0.25, -0.2) is 9.48 Å². The number of halogens is 3. The second kappa shape index (κ2) is 5.92. The summed E-state index contributed by atoms with van der Waals surface area (Å²) in [6, 6.07) is 8.04. The van der Waals surface area contributed by atoms with Crippen LogP contribution in [0.4, 0.5) is 0 Å². The van der Waals surface area contributed by atoms with Gasteiger partial charge in [0.2, 0.25) is 0 Å². The molecule has 2 heterocycles. The van der Waals surface area contributed by atoms with Gasteiger partial charge in [-0.2, -0.15) is 5.10 Å². The van der Waals surface area contributed by atoms with Crippen LogP contribution in [0.5, 0.6) is 0 Å². The first-order chi connectivity index (χ1) is 10.9. The number of carboxylic acids is 1. The maximum Gasteiger partial charge on any atom is 0.356 e. The van der Waals surface area contributed by atoms with Crippen LogP contribution in [-0.2, 0) is 0 Å². The van der Waals surface area contributed by atoms with Gasteiger partial charge in [-0.3, -0.25) is 0 Å². The minimum atomic E-state index is -1.15. The number of hydrogen-bond acceptors (Lipinski definition) is 3. The van der Waals surface area contributed by atoms with E-state index in [1.807, 2.05) is 0 Å². The fourth-order valence-electron chi connectivity index (χ4n) is 2.26. The Kier molecular flexibility index (Phi) is 4.10. The molecular formula is C15H9Cl3N2O3. The number of nitrogens with zero attached hydrogens (tertiary/aromatic N) is 2. The average molecular weight is 372 g/mol. The molecule has 0 radical (unpaired) electrons. The number of aromatic carboxylic acids is 1. The van der Waals surface area contributed by atoms with E-state index in [1.54, 1.807) is 37.3 Å². The van der Waals surface area contributed by atoms with Crippen molar-refractivity contribution in [1.29, 1.82) is 0 Å². The van der Waals surface area contributed by atoms with Crippen molar-refractivity contribution < 1.29 is 14.3 Å². The maximum absolute atomic E-state index is 11.4. The molecule has 8 heteroatoms. The molecule has 3 rings (SSSR count). The summed E-state index contributed by atoms with van der Waals surface area (Å²) in [5.74, 6) is -0.760. The molecule has 0 spiro atoms. The first-order valence-electron chi connectivity index (χ1n) is 6.42. The summed E-state index contributed by atoms with van der Waals surface area (Å²) in [5, 5.41) is 14.4. The van der Waals surface area contributed by atoms with Gasteiger partial charge in [-0.05, 0) is 48.9 Å².